The summed E-state index contributed by atoms with van der Waals surface area (Å²) in [5.41, 5.74) is 3.98. The predicted molar refractivity (Wildman–Crippen MR) is 58.5 cm³/mol. The Morgan fingerprint density at radius 2 is 2.07 bits per heavy atom. The smallest absolute Gasteiger partial charge is 0.187 e. The second-order valence-electron chi connectivity index (χ2n) is 4.14. The first kappa shape index (κ1) is 8.96. The second-order valence-corrected chi connectivity index (χ2v) is 4.14. The van der Waals surface area contributed by atoms with Gasteiger partial charge in [0.2, 0.25) is 0 Å². The Balaban J connectivity index is 2.64. The molecule has 0 N–H and O–H groups in total. The van der Waals surface area contributed by atoms with E-state index in [9.17, 15) is 0 Å². The van der Waals surface area contributed by atoms with Crippen molar-refractivity contribution in [1.82, 2.24) is 0 Å². The van der Waals surface area contributed by atoms with E-state index in [2.05, 4.69) is 23.7 Å². The molecule has 2 nitrogen and oxygen atoms in total. The molecule has 0 atom stereocenters. The van der Waals surface area contributed by atoms with Crippen LogP contribution in [0.1, 0.15) is 26.3 Å². The molecular weight excluding hydrogens is 172 g/mol. The van der Waals surface area contributed by atoms with Crippen molar-refractivity contribution in [2.45, 2.75) is 26.2 Å². The van der Waals surface area contributed by atoms with Crippen molar-refractivity contribution in [3.05, 3.63) is 35.2 Å². The van der Waals surface area contributed by atoms with E-state index in [1.54, 1.807) is 0 Å². The molecule has 14 heavy (non-hydrogen) atoms. The summed E-state index contributed by atoms with van der Waals surface area (Å²) in [7, 11) is 0. The second kappa shape index (κ2) is 2.68. The lowest BCUT2D eigenvalue weighted by atomic mass is 9.82. The maximum Gasteiger partial charge on any atom is 0.187 e. The van der Waals surface area contributed by atoms with E-state index in [1.807, 2.05) is 25.1 Å². The molecule has 0 aliphatic carbocycles. The van der Waals surface area contributed by atoms with Crippen LogP contribution in [0.4, 0.5) is 11.4 Å². The average molecular weight is 184 g/mol. The Kier molecular flexibility index (Phi) is 1.72. The Labute approximate surface area is 84.1 Å². The van der Waals surface area contributed by atoms with Crippen molar-refractivity contribution >= 4 is 17.1 Å². The first-order valence-corrected chi connectivity index (χ1v) is 4.63. The van der Waals surface area contributed by atoms with Gasteiger partial charge in [-0.1, -0.05) is 26.0 Å². The van der Waals surface area contributed by atoms with E-state index in [4.69, 9.17) is 6.57 Å². The van der Waals surface area contributed by atoms with Crippen LogP contribution in [-0.4, -0.2) is 5.71 Å². The van der Waals surface area contributed by atoms with Crippen LogP contribution < -0.4 is 0 Å². The third-order valence-corrected chi connectivity index (χ3v) is 2.98. The SMILES string of the molecule is [C-]#[N+]c1ccc2c(c1)C(C)(C)C(C)=N2. The van der Waals surface area contributed by atoms with Gasteiger partial charge >= 0.3 is 0 Å². The maximum atomic E-state index is 6.97. The number of aliphatic imine (C=N–C) groups is 1. The number of fused-ring (bicyclic) bond motifs is 1. The molecule has 0 fully saturated rings. The van der Waals surface area contributed by atoms with E-state index < -0.39 is 0 Å². The zero-order valence-corrected chi connectivity index (χ0v) is 8.63. The largest absolute Gasteiger partial charge is 0.257 e. The lowest BCUT2D eigenvalue weighted by molar-refractivity contribution is 0.734. The van der Waals surface area contributed by atoms with E-state index in [-0.39, 0.29) is 5.41 Å². The predicted octanol–water partition coefficient (Wildman–Crippen LogP) is 3.62. The highest BCUT2D eigenvalue weighted by Gasteiger charge is 2.31. The van der Waals surface area contributed by atoms with Crippen molar-refractivity contribution in [2.75, 3.05) is 0 Å². The van der Waals surface area contributed by atoms with Gasteiger partial charge in [0.25, 0.3) is 0 Å². The number of hydrogen-bond donors (Lipinski definition) is 0. The minimum atomic E-state index is -0.0178. The summed E-state index contributed by atoms with van der Waals surface area (Å²) >= 11 is 0. The van der Waals surface area contributed by atoms with Crippen LogP contribution in [0.5, 0.6) is 0 Å². The van der Waals surface area contributed by atoms with Crippen LogP contribution >= 0.6 is 0 Å². The number of rotatable bonds is 0. The summed E-state index contributed by atoms with van der Waals surface area (Å²) in [6.07, 6.45) is 0. The molecule has 0 saturated carbocycles. The van der Waals surface area contributed by atoms with Gasteiger partial charge in [-0.3, -0.25) is 4.99 Å². The molecule has 1 heterocycles. The zero-order chi connectivity index (χ0) is 10.3. The Morgan fingerprint density at radius 1 is 1.36 bits per heavy atom. The molecule has 0 aromatic heterocycles. The van der Waals surface area contributed by atoms with Crippen LogP contribution in [-0.2, 0) is 5.41 Å². The van der Waals surface area contributed by atoms with Gasteiger partial charge in [0, 0.05) is 11.1 Å². The fraction of sp³-hybridized carbons (Fsp3) is 0.333. The molecule has 1 aromatic rings. The highest BCUT2D eigenvalue weighted by atomic mass is 14.8. The lowest BCUT2D eigenvalue weighted by Gasteiger charge is -2.19. The normalized spacial score (nSPS) is 17.1. The molecule has 0 radical (unpaired) electrons. The molecule has 2 heteroatoms. The summed E-state index contributed by atoms with van der Waals surface area (Å²) in [6.45, 7) is 13.3. The molecule has 0 unspecified atom stereocenters. The van der Waals surface area contributed by atoms with Gasteiger partial charge in [-0.05, 0) is 18.6 Å². The van der Waals surface area contributed by atoms with Crippen LogP contribution in [0, 0.1) is 6.57 Å². The van der Waals surface area contributed by atoms with Gasteiger partial charge in [0.15, 0.2) is 5.69 Å². The molecule has 0 spiro atoms. The first-order chi connectivity index (χ1) is 6.55. The molecule has 0 amide bonds. The zero-order valence-electron chi connectivity index (χ0n) is 8.63. The van der Waals surface area contributed by atoms with Crippen molar-refractivity contribution in [2.24, 2.45) is 4.99 Å². The average Bonchev–Trinajstić information content (AvgIpc) is 2.38. The molecule has 2 rings (SSSR count). The number of nitrogens with zero attached hydrogens (tertiary/aromatic N) is 2. The van der Waals surface area contributed by atoms with Crippen LogP contribution in [0.25, 0.3) is 4.85 Å². The van der Waals surface area contributed by atoms with Gasteiger partial charge in [-0.2, -0.15) is 0 Å². The molecule has 1 aliphatic rings. The third-order valence-electron chi connectivity index (χ3n) is 2.98. The molecule has 1 aromatic carbocycles. The standard InChI is InChI=1S/C12H12N2/c1-8-12(2,3)10-7-9(13-4)5-6-11(10)14-8/h5-7H,1-3H3. The topological polar surface area (TPSA) is 16.7 Å². The Morgan fingerprint density at radius 3 is 2.71 bits per heavy atom. The van der Waals surface area contributed by atoms with Gasteiger partial charge in [-0.15, -0.1) is 0 Å². The highest BCUT2D eigenvalue weighted by Crippen LogP contribution is 2.41. The minimum absolute atomic E-state index is 0.0178. The molecular formula is C12H12N2. The first-order valence-electron chi connectivity index (χ1n) is 4.63. The lowest BCUT2D eigenvalue weighted by Crippen LogP contribution is -2.22. The van der Waals surface area contributed by atoms with Crippen molar-refractivity contribution in [3.63, 3.8) is 0 Å². The van der Waals surface area contributed by atoms with E-state index in [0.29, 0.717) is 5.69 Å². The maximum absolute atomic E-state index is 6.97. The number of hydrogen-bond acceptors (Lipinski definition) is 1. The number of benzene rings is 1. The van der Waals surface area contributed by atoms with Crippen LogP contribution in [0.2, 0.25) is 0 Å². The summed E-state index contributed by atoms with van der Waals surface area (Å²) < 4.78 is 0. The third kappa shape index (κ3) is 1.06. The molecule has 1 aliphatic heterocycles. The monoisotopic (exact) mass is 184 g/mol. The molecule has 70 valence electrons. The van der Waals surface area contributed by atoms with Gasteiger partial charge < -0.3 is 0 Å². The summed E-state index contributed by atoms with van der Waals surface area (Å²) in [5, 5.41) is 0. The van der Waals surface area contributed by atoms with Gasteiger partial charge in [0.1, 0.15) is 0 Å². The fourth-order valence-electron chi connectivity index (χ4n) is 1.71. The Hall–Kier alpha value is -1.62. The van der Waals surface area contributed by atoms with E-state index >= 15 is 0 Å². The minimum Gasteiger partial charge on any atom is -0.257 e. The van der Waals surface area contributed by atoms with Crippen molar-refractivity contribution in [3.8, 4) is 0 Å². The fourth-order valence-corrected chi connectivity index (χ4v) is 1.71. The summed E-state index contributed by atoms with van der Waals surface area (Å²) in [5.74, 6) is 0. The van der Waals surface area contributed by atoms with Crippen LogP contribution in [0.15, 0.2) is 23.2 Å². The van der Waals surface area contributed by atoms with Crippen molar-refractivity contribution in [1.29, 1.82) is 0 Å². The molecule has 0 bridgehead atoms. The summed E-state index contributed by atoms with van der Waals surface area (Å²) in [6, 6.07) is 5.70. The van der Waals surface area contributed by atoms with Crippen molar-refractivity contribution < 1.29 is 0 Å². The molecule has 0 saturated heterocycles. The van der Waals surface area contributed by atoms with Crippen LogP contribution in [0.3, 0.4) is 0 Å². The highest BCUT2D eigenvalue weighted by molar-refractivity contribution is 5.99. The Bertz CT molecular complexity index is 462. The van der Waals surface area contributed by atoms with Gasteiger partial charge in [-0.25, -0.2) is 4.85 Å². The van der Waals surface area contributed by atoms with Gasteiger partial charge in [0.05, 0.1) is 12.3 Å². The van der Waals surface area contributed by atoms with E-state index in [0.717, 1.165) is 11.4 Å². The van der Waals surface area contributed by atoms with E-state index in [1.165, 1.54) is 5.56 Å². The summed E-state index contributed by atoms with van der Waals surface area (Å²) in [4.78, 5) is 7.93. The quantitative estimate of drug-likeness (QED) is 0.548.